The van der Waals surface area contributed by atoms with Crippen LogP contribution in [0.2, 0.25) is 5.02 Å². The molecule has 0 radical (unpaired) electrons. The molecule has 20 heavy (non-hydrogen) atoms. The molecule has 5 heteroatoms. The number of halogens is 2. The highest BCUT2D eigenvalue weighted by atomic mass is 35.5. The van der Waals surface area contributed by atoms with Crippen LogP contribution in [0.4, 0.5) is 4.39 Å². The number of rotatable bonds is 3. The third kappa shape index (κ3) is 2.53. The number of aromatic nitrogens is 1. The Balaban J connectivity index is 1.90. The molecular weight excluding hydrogens is 279 g/mol. The van der Waals surface area contributed by atoms with Gasteiger partial charge in [-0.3, -0.25) is 0 Å². The Hall–Kier alpha value is -1.91. The zero-order chi connectivity index (χ0) is 14.1. The van der Waals surface area contributed by atoms with Gasteiger partial charge in [-0.1, -0.05) is 41.9 Å². The largest absolute Gasteiger partial charge is 0.439 e. The molecule has 2 aromatic carbocycles. The number of benzene rings is 2. The lowest BCUT2D eigenvalue weighted by Gasteiger charge is -2.06. The van der Waals surface area contributed by atoms with Crippen LogP contribution in [0.15, 0.2) is 46.9 Å². The van der Waals surface area contributed by atoms with E-state index in [1.165, 1.54) is 12.1 Å². The van der Waals surface area contributed by atoms with Crippen LogP contribution in [0.1, 0.15) is 17.5 Å². The first-order valence-electron chi connectivity index (χ1n) is 6.18. The van der Waals surface area contributed by atoms with Crippen molar-refractivity contribution in [2.75, 3.05) is 0 Å². The van der Waals surface area contributed by atoms with Crippen LogP contribution in [-0.2, 0) is 6.42 Å². The second-order valence-corrected chi connectivity index (χ2v) is 4.99. The predicted molar refractivity (Wildman–Crippen MR) is 76.1 cm³/mol. The van der Waals surface area contributed by atoms with Gasteiger partial charge in [0.2, 0.25) is 5.89 Å². The third-order valence-corrected chi connectivity index (χ3v) is 3.35. The summed E-state index contributed by atoms with van der Waals surface area (Å²) in [7, 11) is 0. The standard InChI is InChI=1S/C15H12ClFN2O/c16-10-7-13-14(8-11(10)17)20-15(19-13)12(18)6-9-4-2-1-3-5-9/h1-5,7-8,12H,6,18H2. The van der Waals surface area contributed by atoms with E-state index in [1.54, 1.807) is 0 Å². The molecule has 3 rings (SSSR count). The van der Waals surface area contributed by atoms with Crippen LogP contribution < -0.4 is 5.73 Å². The van der Waals surface area contributed by atoms with Gasteiger partial charge in [0.05, 0.1) is 11.1 Å². The fourth-order valence-electron chi connectivity index (χ4n) is 2.06. The molecule has 2 N–H and O–H groups in total. The van der Waals surface area contributed by atoms with Crippen molar-refractivity contribution >= 4 is 22.7 Å². The summed E-state index contributed by atoms with van der Waals surface area (Å²) in [6.07, 6.45) is 0.601. The first-order chi connectivity index (χ1) is 9.63. The maximum Gasteiger partial charge on any atom is 0.212 e. The molecule has 0 aliphatic heterocycles. The summed E-state index contributed by atoms with van der Waals surface area (Å²) in [4.78, 5) is 4.27. The lowest BCUT2D eigenvalue weighted by molar-refractivity contribution is 0.473. The maximum absolute atomic E-state index is 13.4. The van der Waals surface area contributed by atoms with Crippen molar-refractivity contribution in [1.29, 1.82) is 0 Å². The molecule has 102 valence electrons. The monoisotopic (exact) mass is 290 g/mol. The Morgan fingerprint density at radius 1 is 1.25 bits per heavy atom. The van der Waals surface area contributed by atoms with E-state index in [0.29, 0.717) is 23.4 Å². The van der Waals surface area contributed by atoms with Gasteiger partial charge in [0.25, 0.3) is 0 Å². The van der Waals surface area contributed by atoms with Gasteiger partial charge in [-0.15, -0.1) is 0 Å². The average molecular weight is 291 g/mol. The number of oxazole rings is 1. The first-order valence-corrected chi connectivity index (χ1v) is 6.56. The zero-order valence-corrected chi connectivity index (χ0v) is 11.3. The van der Waals surface area contributed by atoms with Crippen molar-refractivity contribution in [2.45, 2.75) is 12.5 Å². The van der Waals surface area contributed by atoms with Crippen molar-refractivity contribution in [1.82, 2.24) is 4.98 Å². The summed E-state index contributed by atoms with van der Waals surface area (Å²) in [5.41, 5.74) is 8.03. The molecule has 1 unspecified atom stereocenters. The van der Waals surface area contributed by atoms with E-state index >= 15 is 0 Å². The SMILES string of the molecule is NC(Cc1ccccc1)c1nc2cc(Cl)c(F)cc2o1. The van der Waals surface area contributed by atoms with Gasteiger partial charge in [-0.25, -0.2) is 9.37 Å². The van der Waals surface area contributed by atoms with Crippen LogP contribution in [-0.4, -0.2) is 4.98 Å². The number of fused-ring (bicyclic) bond motifs is 1. The lowest BCUT2D eigenvalue weighted by atomic mass is 10.1. The summed E-state index contributed by atoms with van der Waals surface area (Å²) in [5, 5.41) is 0.0222. The van der Waals surface area contributed by atoms with Crippen LogP contribution in [0.3, 0.4) is 0 Å². The second kappa shape index (κ2) is 5.23. The normalized spacial score (nSPS) is 12.8. The van der Waals surface area contributed by atoms with Crippen LogP contribution in [0.25, 0.3) is 11.1 Å². The molecule has 0 aliphatic carbocycles. The topological polar surface area (TPSA) is 52.0 Å². The Labute approximate surface area is 120 Å². The molecular formula is C15H12ClFN2O. The van der Waals surface area contributed by atoms with Gasteiger partial charge < -0.3 is 10.2 Å². The molecule has 1 atom stereocenters. The Bertz CT molecular complexity index is 703. The zero-order valence-electron chi connectivity index (χ0n) is 10.5. The van der Waals surface area contributed by atoms with Gasteiger partial charge in [0, 0.05) is 6.07 Å². The number of nitrogens with two attached hydrogens (primary N) is 1. The van der Waals surface area contributed by atoms with E-state index < -0.39 is 5.82 Å². The second-order valence-electron chi connectivity index (χ2n) is 4.58. The molecule has 0 aliphatic rings. The van der Waals surface area contributed by atoms with E-state index in [9.17, 15) is 4.39 Å². The Kier molecular flexibility index (Phi) is 3.42. The molecule has 0 amide bonds. The van der Waals surface area contributed by atoms with Crippen molar-refractivity contribution in [2.24, 2.45) is 5.73 Å². The highest BCUT2D eigenvalue weighted by Gasteiger charge is 2.16. The smallest absolute Gasteiger partial charge is 0.212 e. The summed E-state index contributed by atoms with van der Waals surface area (Å²) < 4.78 is 18.9. The van der Waals surface area contributed by atoms with Crippen LogP contribution in [0.5, 0.6) is 0 Å². The molecule has 1 aromatic heterocycles. The van der Waals surface area contributed by atoms with Crippen molar-refractivity contribution in [3.63, 3.8) is 0 Å². The van der Waals surface area contributed by atoms with Gasteiger partial charge in [0.15, 0.2) is 5.58 Å². The number of hydrogen-bond donors (Lipinski definition) is 1. The first kappa shape index (κ1) is 13.1. The summed E-state index contributed by atoms with van der Waals surface area (Å²) >= 11 is 5.72. The van der Waals surface area contributed by atoms with E-state index in [-0.39, 0.29) is 11.1 Å². The lowest BCUT2D eigenvalue weighted by Crippen LogP contribution is -2.13. The van der Waals surface area contributed by atoms with Crippen LogP contribution >= 0.6 is 11.6 Å². The van der Waals surface area contributed by atoms with Crippen LogP contribution in [0, 0.1) is 5.82 Å². The predicted octanol–water partition coefficient (Wildman–Crippen LogP) is 3.86. The summed E-state index contributed by atoms with van der Waals surface area (Å²) in [6, 6.07) is 12.1. The summed E-state index contributed by atoms with van der Waals surface area (Å²) in [6.45, 7) is 0. The minimum Gasteiger partial charge on any atom is -0.439 e. The molecule has 0 saturated heterocycles. The summed E-state index contributed by atoms with van der Waals surface area (Å²) in [5.74, 6) is -0.149. The Morgan fingerprint density at radius 2 is 2.00 bits per heavy atom. The van der Waals surface area contributed by atoms with Crippen molar-refractivity contribution in [3.8, 4) is 0 Å². The third-order valence-electron chi connectivity index (χ3n) is 3.06. The maximum atomic E-state index is 13.4. The molecule has 0 fully saturated rings. The van der Waals surface area contributed by atoms with E-state index in [2.05, 4.69) is 4.98 Å². The average Bonchev–Trinajstić information content (AvgIpc) is 2.83. The van der Waals surface area contributed by atoms with Gasteiger partial charge in [0.1, 0.15) is 11.3 Å². The highest BCUT2D eigenvalue weighted by molar-refractivity contribution is 6.31. The molecule has 3 nitrogen and oxygen atoms in total. The molecule has 3 aromatic rings. The molecule has 0 spiro atoms. The minimum absolute atomic E-state index is 0.0222. The number of nitrogens with zero attached hydrogens (tertiary/aromatic N) is 1. The van der Waals surface area contributed by atoms with Gasteiger partial charge in [-0.05, 0) is 18.1 Å². The highest BCUT2D eigenvalue weighted by Crippen LogP contribution is 2.26. The number of hydrogen-bond acceptors (Lipinski definition) is 3. The van der Waals surface area contributed by atoms with Gasteiger partial charge in [-0.2, -0.15) is 0 Å². The fraction of sp³-hybridized carbons (Fsp3) is 0.133. The van der Waals surface area contributed by atoms with Gasteiger partial charge >= 0.3 is 0 Å². The minimum atomic E-state index is -0.529. The molecule has 0 saturated carbocycles. The molecule has 1 heterocycles. The van der Waals surface area contributed by atoms with E-state index in [1.807, 2.05) is 30.3 Å². The van der Waals surface area contributed by atoms with Crippen molar-refractivity contribution in [3.05, 3.63) is 64.8 Å². The van der Waals surface area contributed by atoms with E-state index in [0.717, 1.165) is 5.56 Å². The molecule has 0 bridgehead atoms. The van der Waals surface area contributed by atoms with Crippen molar-refractivity contribution < 1.29 is 8.81 Å². The van der Waals surface area contributed by atoms with E-state index in [4.69, 9.17) is 21.8 Å². The quantitative estimate of drug-likeness (QED) is 0.797. The fourth-order valence-corrected chi connectivity index (χ4v) is 2.21. The Morgan fingerprint density at radius 3 is 2.75 bits per heavy atom.